The van der Waals surface area contributed by atoms with Gasteiger partial charge in [-0.15, -0.1) is 0 Å². The van der Waals surface area contributed by atoms with Gasteiger partial charge in [0.1, 0.15) is 11.4 Å². The van der Waals surface area contributed by atoms with Gasteiger partial charge < -0.3 is 10.1 Å². The van der Waals surface area contributed by atoms with Crippen LogP contribution in [0.1, 0.15) is 44.4 Å². The molecule has 3 heterocycles. The summed E-state index contributed by atoms with van der Waals surface area (Å²) in [4.78, 5) is 9.09. The van der Waals surface area contributed by atoms with E-state index in [1.807, 2.05) is 23.9 Å². The number of nitrogens with zero attached hydrogens (tertiary/aromatic N) is 4. The van der Waals surface area contributed by atoms with E-state index in [4.69, 9.17) is 4.74 Å². The van der Waals surface area contributed by atoms with Crippen LogP contribution in [0.25, 0.3) is 11.4 Å². The molecule has 0 saturated carbocycles. The molecule has 6 nitrogen and oxygen atoms in total. The fourth-order valence-electron chi connectivity index (χ4n) is 3.62. The molecule has 0 saturated heterocycles. The van der Waals surface area contributed by atoms with Crippen molar-refractivity contribution in [2.75, 3.05) is 5.32 Å². The number of anilines is 1. The van der Waals surface area contributed by atoms with Crippen LogP contribution in [-0.4, -0.2) is 25.3 Å². The summed E-state index contributed by atoms with van der Waals surface area (Å²) < 4.78 is 7.81. The van der Waals surface area contributed by atoms with Crippen molar-refractivity contribution in [3.63, 3.8) is 0 Å². The highest BCUT2D eigenvalue weighted by Crippen LogP contribution is 2.37. The third-order valence-electron chi connectivity index (χ3n) is 4.94. The van der Waals surface area contributed by atoms with E-state index in [0.29, 0.717) is 5.95 Å². The van der Waals surface area contributed by atoms with Crippen molar-refractivity contribution in [2.45, 2.75) is 45.3 Å². The normalized spacial score (nSPS) is 15.9. The Bertz CT molecular complexity index is 963. The monoisotopic (exact) mass is 363 g/mol. The van der Waals surface area contributed by atoms with Gasteiger partial charge in [0.15, 0.2) is 0 Å². The van der Waals surface area contributed by atoms with E-state index < -0.39 is 0 Å². The number of fused-ring (bicyclic) bond motifs is 1. The van der Waals surface area contributed by atoms with E-state index in [0.717, 1.165) is 30.0 Å². The first-order chi connectivity index (χ1) is 12.9. The number of hydrogen-bond donors (Lipinski definition) is 1. The summed E-state index contributed by atoms with van der Waals surface area (Å²) in [5.41, 5.74) is 4.18. The molecule has 1 aromatic carbocycles. The SMILES string of the molecule is CCC(Nc1nccc(-c2ccnn2C)n1)c1ccc2c(c1)CC(C)(C)O2. The highest BCUT2D eigenvalue weighted by molar-refractivity contribution is 5.55. The van der Waals surface area contributed by atoms with Crippen LogP contribution < -0.4 is 10.1 Å². The van der Waals surface area contributed by atoms with Gasteiger partial charge in [-0.05, 0) is 55.7 Å². The van der Waals surface area contributed by atoms with Gasteiger partial charge in [0.05, 0.1) is 17.4 Å². The number of ether oxygens (including phenoxy) is 1. The van der Waals surface area contributed by atoms with Crippen LogP contribution in [0.4, 0.5) is 5.95 Å². The van der Waals surface area contributed by atoms with Gasteiger partial charge in [-0.25, -0.2) is 9.97 Å². The minimum absolute atomic E-state index is 0.128. The number of rotatable bonds is 5. The molecule has 1 atom stereocenters. The zero-order chi connectivity index (χ0) is 19.0. The first-order valence-electron chi connectivity index (χ1n) is 9.35. The van der Waals surface area contributed by atoms with Crippen LogP contribution in [0.5, 0.6) is 5.75 Å². The maximum absolute atomic E-state index is 6.00. The molecule has 4 rings (SSSR count). The quantitative estimate of drug-likeness (QED) is 0.737. The van der Waals surface area contributed by atoms with E-state index in [2.05, 4.69) is 59.4 Å². The Morgan fingerprint density at radius 1 is 1.22 bits per heavy atom. The second kappa shape index (κ2) is 6.68. The predicted molar refractivity (Wildman–Crippen MR) is 106 cm³/mol. The molecule has 1 aliphatic heterocycles. The molecule has 6 heteroatoms. The Balaban J connectivity index is 1.58. The number of aromatic nitrogens is 4. The van der Waals surface area contributed by atoms with Gasteiger partial charge >= 0.3 is 0 Å². The van der Waals surface area contributed by atoms with Crippen molar-refractivity contribution >= 4 is 5.95 Å². The maximum Gasteiger partial charge on any atom is 0.223 e. The summed E-state index contributed by atoms with van der Waals surface area (Å²) in [5.74, 6) is 1.62. The average molecular weight is 363 g/mol. The Morgan fingerprint density at radius 2 is 2.07 bits per heavy atom. The molecule has 0 spiro atoms. The van der Waals surface area contributed by atoms with Crippen molar-refractivity contribution in [2.24, 2.45) is 7.05 Å². The minimum atomic E-state index is -0.128. The predicted octanol–water partition coefficient (Wildman–Crippen LogP) is 4.15. The lowest BCUT2D eigenvalue weighted by Crippen LogP contribution is -2.24. The lowest BCUT2D eigenvalue weighted by Gasteiger charge is -2.18. The Morgan fingerprint density at radius 3 is 2.81 bits per heavy atom. The van der Waals surface area contributed by atoms with E-state index in [9.17, 15) is 0 Å². The zero-order valence-corrected chi connectivity index (χ0v) is 16.2. The summed E-state index contributed by atoms with van der Waals surface area (Å²) in [7, 11) is 1.91. The van der Waals surface area contributed by atoms with Crippen LogP contribution >= 0.6 is 0 Å². The molecule has 3 aromatic rings. The molecule has 0 radical (unpaired) electrons. The fraction of sp³-hybridized carbons (Fsp3) is 0.381. The summed E-state index contributed by atoms with van der Waals surface area (Å²) in [6.45, 7) is 6.41. The Hall–Kier alpha value is -2.89. The molecular formula is C21H25N5O. The van der Waals surface area contributed by atoms with Crippen LogP contribution in [0.2, 0.25) is 0 Å². The van der Waals surface area contributed by atoms with E-state index in [1.54, 1.807) is 12.4 Å². The second-order valence-electron chi connectivity index (χ2n) is 7.62. The largest absolute Gasteiger partial charge is 0.487 e. The third kappa shape index (κ3) is 3.52. The van der Waals surface area contributed by atoms with Gasteiger partial charge in [0.25, 0.3) is 0 Å². The van der Waals surface area contributed by atoms with E-state index in [1.165, 1.54) is 11.1 Å². The number of hydrogen-bond acceptors (Lipinski definition) is 5. The van der Waals surface area contributed by atoms with Crippen molar-refractivity contribution < 1.29 is 4.74 Å². The topological polar surface area (TPSA) is 64.9 Å². The molecule has 1 aliphatic rings. The van der Waals surface area contributed by atoms with Crippen molar-refractivity contribution in [1.82, 2.24) is 19.7 Å². The summed E-state index contributed by atoms with van der Waals surface area (Å²) in [6.07, 6.45) is 5.42. The lowest BCUT2D eigenvalue weighted by molar-refractivity contribution is 0.138. The molecule has 0 fully saturated rings. The maximum atomic E-state index is 6.00. The molecular weight excluding hydrogens is 338 g/mol. The standard InChI is InChI=1S/C21H25N5O/c1-5-16(14-6-7-19-15(12-14)13-21(2,3)27-19)24-20-22-10-8-17(25-20)18-9-11-23-26(18)4/h6-12,16H,5,13H2,1-4H3,(H,22,24,25). The molecule has 2 aromatic heterocycles. The molecule has 0 aliphatic carbocycles. The van der Waals surface area contributed by atoms with Crippen molar-refractivity contribution in [3.8, 4) is 17.1 Å². The minimum Gasteiger partial charge on any atom is -0.487 e. The number of aryl methyl sites for hydroxylation is 1. The molecule has 140 valence electrons. The average Bonchev–Trinajstić information content (AvgIpc) is 3.20. The summed E-state index contributed by atoms with van der Waals surface area (Å²) in [5, 5.41) is 7.70. The molecule has 1 unspecified atom stereocenters. The fourth-order valence-corrected chi connectivity index (χ4v) is 3.62. The van der Waals surface area contributed by atoms with Gasteiger partial charge in [-0.2, -0.15) is 5.10 Å². The third-order valence-corrected chi connectivity index (χ3v) is 4.94. The smallest absolute Gasteiger partial charge is 0.223 e. The van der Waals surface area contributed by atoms with Crippen molar-refractivity contribution in [1.29, 1.82) is 0 Å². The highest BCUT2D eigenvalue weighted by Gasteiger charge is 2.30. The van der Waals surface area contributed by atoms with Crippen LogP contribution in [0.15, 0.2) is 42.7 Å². The van der Waals surface area contributed by atoms with Crippen LogP contribution in [0.3, 0.4) is 0 Å². The van der Waals surface area contributed by atoms with Gasteiger partial charge in [0, 0.05) is 25.9 Å². The molecule has 27 heavy (non-hydrogen) atoms. The molecule has 0 amide bonds. The molecule has 0 bridgehead atoms. The van der Waals surface area contributed by atoms with Crippen LogP contribution in [-0.2, 0) is 13.5 Å². The van der Waals surface area contributed by atoms with Gasteiger partial charge in [-0.3, -0.25) is 4.68 Å². The first kappa shape index (κ1) is 17.5. The number of benzene rings is 1. The van der Waals surface area contributed by atoms with E-state index in [-0.39, 0.29) is 11.6 Å². The van der Waals surface area contributed by atoms with Gasteiger partial charge in [0.2, 0.25) is 5.95 Å². The molecule has 1 N–H and O–H groups in total. The summed E-state index contributed by atoms with van der Waals surface area (Å²) >= 11 is 0. The second-order valence-corrected chi connectivity index (χ2v) is 7.62. The Kier molecular flexibility index (Phi) is 4.34. The first-order valence-corrected chi connectivity index (χ1v) is 9.35. The zero-order valence-electron chi connectivity index (χ0n) is 16.2. The summed E-state index contributed by atoms with van der Waals surface area (Å²) in [6, 6.07) is 10.4. The van der Waals surface area contributed by atoms with Crippen LogP contribution in [0, 0.1) is 0 Å². The Labute approximate surface area is 159 Å². The van der Waals surface area contributed by atoms with Crippen molar-refractivity contribution in [3.05, 3.63) is 53.9 Å². The van der Waals surface area contributed by atoms with E-state index >= 15 is 0 Å². The van der Waals surface area contributed by atoms with Gasteiger partial charge in [-0.1, -0.05) is 13.0 Å². The lowest BCUT2D eigenvalue weighted by atomic mass is 9.97. The highest BCUT2D eigenvalue weighted by atomic mass is 16.5. The number of nitrogens with one attached hydrogen (secondary N) is 1.